The number of amides is 2. The minimum atomic E-state index is -0.343. The van der Waals surface area contributed by atoms with Gasteiger partial charge in [0.25, 0.3) is 11.8 Å². The first-order valence-corrected chi connectivity index (χ1v) is 10.4. The summed E-state index contributed by atoms with van der Waals surface area (Å²) >= 11 is 1.38. The van der Waals surface area contributed by atoms with Gasteiger partial charge in [-0.3, -0.25) is 9.59 Å². The molecular weight excluding hydrogens is 392 g/mol. The van der Waals surface area contributed by atoms with Gasteiger partial charge in [-0.15, -0.1) is 11.8 Å². The average molecular weight is 410 g/mol. The Kier molecular flexibility index (Phi) is 5.51. The molecule has 4 nitrogen and oxygen atoms in total. The van der Waals surface area contributed by atoms with Crippen LogP contribution in [0.4, 0.5) is 5.69 Å². The highest BCUT2D eigenvalue weighted by molar-refractivity contribution is 8.03. The summed E-state index contributed by atoms with van der Waals surface area (Å²) in [6, 6.07) is 26.0. The monoisotopic (exact) mass is 410 g/mol. The predicted octanol–water partition coefficient (Wildman–Crippen LogP) is 5.08. The molecule has 0 saturated carbocycles. The topological polar surface area (TPSA) is 61.2 Å². The fourth-order valence-corrected chi connectivity index (χ4v) is 4.34. The van der Waals surface area contributed by atoms with Gasteiger partial charge in [-0.2, -0.15) is 5.26 Å². The number of imide groups is 1. The van der Waals surface area contributed by atoms with Crippen LogP contribution in [0.3, 0.4) is 0 Å². The third-order valence-corrected chi connectivity index (χ3v) is 6.01. The van der Waals surface area contributed by atoms with Crippen molar-refractivity contribution in [2.75, 3.05) is 4.90 Å². The number of hydrogen-bond donors (Lipinski definition) is 0. The standard InChI is InChI=1S/C25H18N2O2S/c1-17-7-11-20(12-8-17)22-23(30-16-19-5-3-2-4-6-19)25(29)27(24(22)28)21-13-9-18(15-26)10-14-21/h2-14H,16H2,1H3. The molecule has 30 heavy (non-hydrogen) atoms. The summed E-state index contributed by atoms with van der Waals surface area (Å²) in [6.07, 6.45) is 0. The van der Waals surface area contributed by atoms with Gasteiger partial charge in [-0.05, 0) is 42.3 Å². The molecule has 0 bridgehead atoms. The molecule has 146 valence electrons. The Hall–Kier alpha value is -3.62. The van der Waals surface area contributed by atoms with E-state index in [9.17, 15) is 9.59 Å². The van der Waals surface area contributed by atoms with E-state index in [0.29, 0.717) is 27.5 Å². The first-order chi connectivity index (χ1) is 14.6. The molecular formula is C25H18N2O2S. The number of carbonyl (C=O) groups excluding carboxylic acids is 2. The number of thioether (sulfide) groups is 1. The predicted molar refractivity (Wildman–Crippen MR) is 119 cm³/mol. The summed E-state index contributed by atoms with van der Waals surface area (Å²) in [4.78, 5) is 28.3. The molecule has 1 heterocycles. The van der Waals surface area contributed by atoms with E-state index >= 15 is 0 Å². The maximum atomic E-state index is 13.3. The molecule has 0 spiro atoms. The minimum absolute atomic E-state index is 0.332. The van der Waals surface area contributed by atoms with Crippen molar-refractivity contribution in [3.8, 4) is 6.07 Å². The van der Waals surface area contributed by atoms with Crippen LogP contribution in [0, 0.1) is 18.3 Å². The normalized spacial score (nSPS) is 13.7. The van der Waals surface area contributed by atoms with Crippen molar-refractivity contribution in [2.45, 2.75) is 12.7 Å². The maximum Gasteiger partial charge on any atom is 0.272 e. The molecule has 3 aromatic carbocycles. The van der Waals surface area contributed by atoms with Gasteiger partial charge >= 0.3 is 0 Å². The molecule has 0 fully saturated rings. The first kappa shape index (κ1) is 19.7. The minimum Gasteiger partial charge on any atom is -0.268 e. The van der Waals surface area contributed by atoms with Gasteiger partial charge in [0.1, 0.15) is 0 Å². The Morgan fingerprint density at radius 3 is 2.17 bits per heavy atom. The number of rotatable bonds is 5. The number of nitrogens with zero attached hydrogens (tertiary/aromatic N) is 2. The van der Waals surface area contributed by atoms with Crippen LogP contribution in [-0.4, -0.2) is 11.8 Å². The van der Waals surface area contributed by atoms with E-state index in [-0.39, 0.29) is 11.8 Å². The van der Waals surface area contributed by atoms with Crippen LogP contribution >= 0.6 is 11.8 Å². The van der Waals surface area contributed by atoms with E-state index in [4.69, 9.17) is 5.26 Å². The van der Waals surface area contributed by atoms with Gasteiger partial charge in [0.15, 0.2) is 0 Å². The zero-order valence-corrected chi connectivity index (χ0v) is 17.1. The molecule has 0 unspecified atom stereocenters. The lowest BCUT2D eigenvalue weighted by Gasteiger charge is -2.15. The van der Waals surface area contributed by atoms with Gasteiger partial charge in [-0.25, -0.2) is 4.90 Å². The quantitative estimate of drug-likeness (QED) is 0.550. The molecule has 1 aliphatic heterocycles. The van der Waals surface area contributed by atoms with Crippen LogP contribution in [0.25, 0.3) is 5.57 Å². The highest BCUT2D eigenvalue weighted by atomic mass is 32.2. The molecule has 0 aromatic heterocycles. The Morgan fingerprint density at radius 1 is 0.867 bits per heavy atom. The number of hydrogen-bond acceptors (Lipinski definition) is 4. The molecule has 4 rings (SSSR count). The van der Waals surface area contributed by atoms with Crippen LogP contribution in [0.15, 0.2) is 83.8 Å². The van der Waals surface area contributed by atoms with Gasteiger partial charge in [0.05, 0.1) is 27.8 Å². The van der Waals surface area contributed by atoms with Crippen LogP contribution in [0.5, 0.6) is 0 Å². The van der Waals surface area contributed by atoms with Crippen molar-refractivity contribution in [3.05, 3.63) is 106 Å². The zero-order chi connectivity index (χ0) is 21.1. The first-order valence-electron chi connectivity index (χ1n) is 9.45. The van der Waals surface area contributed by atoms with Crippen LogP contribution in [0.1, 0.15) is 22.3 Å². The van der Waals surface area contributed by atoms with Crippen molar-refractivity contribution in [1.82, 2.24) is 0 Å². The van der Waals surface area contributed by atoms with E-state index in [1.807, 2.05) is 61.5 Å². The second-order valence-electron chi connectivity index (χ2n) is 6.95. The molecule has 0 N–H and O–H groups in total. The zero-order valence-electron chi connectivity index (χ0n) is 16.3. The Bertz CT molecular complexity index is 1170. The van der Waals surface area contributed by atoms with Crippen LogP contribution < -0.4 is 4.90 Å². The van der Waals surface area contributed by atoms with Crippen molar-refractivity contribution < 1.29 is 9.59 Å². The molecule has 0 saturated heterocycles. The highest BCUT2D eigenvalue weighted by Gasteiger charge is 2.40. The largest absolute Gasteiger partial charge is 0.272 e. The molecule has 5 heteroatoms. The van der Waals surface area contributed by atoms with Crippen molar-refractivity contribution in [1.29, 1.82) is 5.26 Å². The fraction of sp³-hybridized carbons (Fsp3) is 0.0800. The molecule has 3 aromatic rings. The summed E-state index contributed by atoms with van der Waals surface area (Å²) in [7, 11) is 0. The second-order valence-corrected chi connectivity index (χ2v) is 7.93. The third-order valence-electron chi connectivity index (χ3n) is 4.86. The summed E-state index contributed by atoms with van der Waals surface area (Å²) < 4.78 is 0. The number of carbonyl (C=O) groups is 2. The van der Waals surface area contributed by atoms with E-state index in [1.165, 1.54) is 16.7 Å². The average Bonchev–Trinajstić information content (AvgIpc) is 3.03. The van der Waals surface area contributed by atoms with Crippen molar-refractivity contribution >= 4 is 34.8 Å². The lowest BCUT2D eigenvalue weighted by molar-refractivity contribution is -0.119. The molecule has 1 aliphatic rings. The number of benzene rings is 3. The van der Waals surface area contributed by atoms with Gasteiger partial charge in [0, 0.05) is 5.75 Å². The Balaban J connectivity index is 1.73. The van der Waals surface area contributed by atoms with E-state index < -0.39 is 0 Å². The highest BCUT2D eigenvalue weighted by Crippen LogP contribution is 2.39. The van der Waals surface area contributed by atoms with E-state index in [2.05, 4.69) is 6.07 Å². The fourth-order valence-electron chi connectivity index (χ4n) is 3.27. The Morgan fingerprint density at radius 2 is 1.53 bits per heavy atom. The van der Waals surface area contributed by atoms with E-state index in [1.54, 1.807) is 24.3 Å². The molecule has 0 aliphatic carbocycles. The van der Waals surface area contributed by atoms with Crippen LogP contribution in [0.2, 0.25) is 0 Å². The summed E-state index contributed by atoms with van der Waals surface area (Å²) in [5, 5.41) is 9.02. The molecule has 0 atom stereocenters. The van der Waals surface area contributed by atoms with Crippen molar-refractivity contribution in [3.63, 3.8) is 0 Å². The third kappa shape index (κ3) is 3.78. The lowest BCUT2D eigenvalue weighted by Crippen LogP contribution is -2.31. The van der Waals surface area contributed by atoms with Crippen molar-refractivity contribution in [2.24, 2.45) is 0 Å². The summed E-state index contributed by atoms with van der Waals surface area (Å²) in [5.41, 5.74) is 4.25. The summed E-state index contributed by atoms with van der Waals surface area (Å²) in [5.74, 6) is -0.0866. The Labute approximate surface area is 179 Å². The van der Waals surface area contributed by atoms with Gasteiger partial charge < -0.3 is 0 Å². The number of nitriles is 1. The number of aryl methyl sites for hydroxylation is 1. The van der Waals surface area contributed by atoms with Gasteiger partial charge in [-0.1, -0.05) is 60.2 Å². The lowest BCUT2D eigenvalue weighted by atomic mass is 10.0. The van der Waals surface area contributed by atoms with Gasteiger partial charge in [0.2, 0.25) is 0 Å². The van der Waals surface area contributed by atoms with Crippen LogP contribution in [-0.2, 0) is 15.3 Å². The molecule has 0 radical (unpaired) electrons. The maximum absolute atomic E-state index is 13.3. The number of anilines is 1. The SMILES string of the molecule is Cc1ccc(C2=C(SCc3ccccc3)C(=O)N(c3ccc(C#N)cc3)C2=O)cc1. The smallest absolute Gasteiger partial charge is 0.268 e. The second kappa shape index (κ2) is 8.40. The summed E-state index contributed by atoms with van der Waals surface area (Å²) in [6.45, 7) is 1.98. The van der Waals surface area contributed by atoms with E-state index in [0.717, 1.165) is 16.7 Å². The molecule has 2 amide bonds.